The van der Waals surface area contributed by atoms with Crippen LogP contribution in [0.25, 0.3) is 0 Å². The second-order valence-corrected chi connectivity index (χ2v) is 3.92. The number of rotatable bonds is 5. The Hall–Kier alpha value is -1.47. The summed E-state index contributed by atoms with van der Waals surface area (Å²) in [6.45, 7) is 2.68. The molecule has 0 radical (unpaired) electrons. The molecule has 1 aromatic heterocycles. The Morgan fingerprint density at radius 3 is 2.88 bits per heavy atom. The van der Waals surface area contributed by atoms with E-state index in [1.165, 1.54) is 24.3 Å². The first-order valence-electron chi connectivity index (χ1n) is 4.91. The molecule has 0 aromatic carbocycles. The van der Waals surface area contributed by atoms with Gasteiger partial charge in [0.25, 0.3) is 0 Å². The standard InChI is InChI=1S/C9H16N4O3/c1-7(13-6-10-5-12-13)8(15)11-3-9(2,16)4-14/h5-7,14,16H,3-4H2,1-2H3,(H,11,15). The lowest BCUT2D eigenvalue weighted by Crippen LogP contribution is -2.45. The normalized spacial score (nSPS) is 16.5. The summed E-state index contributed by atoms with van der Waals surface area (Å²) >= 11 is 0. The second kappa shape index (κ2) is 5.04. The third kappa shape index (κ3) is 3.28. The molecule has 2 atom stereocenters. The zero-order valence-corrected chi connectivity index (χ0v) is 9.29. The van der Waals surface area contributed by atoms with Crippen molar-refractivity contribution in [3.8, 4) is 0 Å². The van der Waals surface area contributed by atoms with E-state index in [0.29, 0.717) is 0 Å². The molecule has 0 fully saturated rings. The van der Waals surface area contributed by atoms with Gasteiger partial charge in [0, 0.05) is 6.54 Å². The Morgan fingerprint density at radius 2 is 2.38 bits per heavy atom. The van der Waals surface area contributed by atoms with Crippen molar-refractivity contribution in [3.63, 3.8) is 0 Å². The van der Waals surface area contributed by atoms with E-state index in [2.05, 4.69) is 15.4 Å². The van der Waals surface area contributed by atoms with Crippen molar-refractivity contribution in [2.45, 2.75) is 25.5 Å². The topological polar surface area (TPSA) is 100 Å². The fraction of sp³-hybridized carbons (Fsp3) is 0.667. The molecule has 3 N–H and O–H groups in total. The smallest absolute Gasteiger partial charge is 0.244 e. The molecular formula is C9H16N4O3. The van der Waals surface area contributed by atoms with Crippen LogP contribution in [0.15, 0.2) is 12.7 Å². The van der Waals surface area contributed by atoms with E-state index in [1.54, 1.807) is 6.92 Å². The molecular weight excluding hydrogens is 212 g/mol. The summed E-state index contributed by atoms with van der Waals surface area (Å²) in [5.41, 5.74) is -1.31. The molecule has 0 bridgehead atoms. The maximum atomic E-state index is 11.6. The number of hydrogen-bond acceptors (Lipinski definition) is 5. The number of aliphatic hydroxyl groups is 2. The zero-order valence-electron chi connectivity index (χ0n) is 9.29. The van der Waals surface area contributed by atoms with Crippen LogP contribution in [-0.2, 0) is 4.79 Å². The molecule has 0 aliphatic carbocycles. The quantitative estimate of drug-likeness (QED) is 0.581. The lowest BCUT2D eigenvalue weighted by Gasteiger charge is -2.21. The highest BCUT2D eigenvalue weighted by molar-refractivity contribution is 5.79. The van der Waals surface area contributed by atoms with E-state index in [0.717, 1.165) is 0 Å². The van der Waals surface area contributed by atoms with Crippen LogP contribution in [0.1, 0.15) is 19.9 Å². The summed E-state index contributed by atoms with van der Waals surface area (Å²) in [6, 6.07) is -0.503. The van der Waals surface area contributed by atoms with E-state index < -0.39 is 18.2 Å². The third-order valence-electron chi connectivity index (χ3n) is 2.20. The van der Waals surface area contributed by atoms with Gasteiger partial charge in [-0.15, -0.1) is 0 Å². The number of amides is 1. The minimum absolute atomic E-state index is 0.0125. The molecule has 16 heavy (non-hydrogen) atoms. The van der Waals surface area contributed by atoms with Gasteiger partial charge < -0.3 is 15.5 Å². The lowest BCUT2D eigenvalue weighted by molar-refractivity contribution is -0.125. The van der Waals surface area contributed by atoms with Gasteiger partial charge in [-0.05, 0) is 13.8 Å². The van der Waals surface area contributed by atoms with Crippen molar-refractivity contribution < 1.29 is 15.0 Å². The number of nitrogens with one attached hydrogen (secondary N) is 1. The van der Waals surface area contributed by atoms with Crippen LogP contribution in [-0.4, -0.2) is 49.6 Å². The molecule has 1 aromatic rings. The van der Waals surface area contributed by atoms with Gasteiger partial charge in [0.15, 0.2) is 0 Å². The van der Waals surface area contributed by atoms with E-state index in [1.807, 2.05) is 0 Å². The molecule has 0 aliphatic heterocycles. The summed E-state index contributed by atoms with van der Waals surface area (Å²) in [7, 11) is 0. The van der Waals surface area contributed by atoms with Gasteiger partial charge >= 0.3 is 0 Å². The molecule has 0 spiro atoms. The summed E-state index contributed by atoms with van der Waals surface area (Å²) < 4.78 is 1.41. The highest BCUT2D eigenvalue weighted by atomic mass is 16.3. The molecule has 0 saturated heterocycles. The van der Waals surface area contributed by atoms with Crippen molar-refractivity contribution in [2.24, 2.45) is 0 Å². The highest BCUT2D eigenvalue weighted by Gasteiger charge is 2.22. The predicted octanol–water partition coefficient (Wildman–Crippen LogP) is -1.30. The summed E-state index contributed by atoms with van der Waals surface area (Å²) in [6.07, 6.45) is 2.78. The minimum Gasteiger partial charge on any atom is -0.393 e. The van der Waals surface area contributed by atoms with Crippen molar-refractivity contribution in [1.82, 2.24) is 20.1 Å². The van der Waals surface area contributed by atoms with Gasteiger partial charge in [-0.1, -0.05) is 0 Å². The van der Waals surface area contributed by atoms with Crippen LogP contribution < -0.4 is 5.32 Å². The van der Waals surface area contributed by atoms with Crippen molar-refractivity contribution in [3.05, 3.63) is 12.7 Å². The van der Waals surface area contributed by atoms with Crippen molar-refractivity contribution >= 4 is 5.91 Å². The molecule has 0 saturated carbocycles. The van der Waals surface area contributed by atoms with Gasteiger partial charge in [-0.2, -0.15) is 5.10 Å². The predicted molar refractivity (Wildman–Crippen MR) is 55.5 cm³/mol. The van der Waals surface area contributed by atoms with Gasteiger partial charge in [0.1, 0.15) is 24.3 Å². The average molecular weight is 228 g/mol. The SMILES string of the molecule is CC(C(=O)NCC(C)(O)CO)n1cncn1. The van der Waals surface area contributed by atoms with E-state index in [-0.39, 0.29) is 12.5 Å². The second-order valence-electron chi connectivity index (χ2n) is 3.92. The van der Waals surface area contributed by atoms with Gasteiger partial charge in [0.2, 0.25) is 5.91 Å². The Morgan fingerprint density at radius 1 is 1.69 bits per heavy atom. The van der Waals surface area contributed by atoms with Crippen LogP contribution in [0.5, 0.6) is 0 Å². The number of aromatic nitrogens is 3. The Balaban J connectivity index is 2.47. The molecule has 2 unspecified atom stereocenters. The third-order valence-corrected chi connectivity index (χ3v) is 2.20. The lowest BCUT2D eigenvalue weighted by atomic mass is 10.1. The molecule has 90 valence electrons. The number of carbonyl (C=O) groups is 1. The number of aliphatic hydroxyl groups excluding tert-OH is 1. The van der Waals surface area contributed by atoms with Crippen molar-refractivity contribution in [1.29, 1.82) is 0 Å². The Kier molecular flexibility index (Phi) is 3.97. The van der Waals surface area contributed by atoms with Crippen LogP contribution in [0, 0.1) is 0 Å². The monoisotopic (exact) mass is 228 g/mol. The zero-order chi connectivity index (χ0) is 12.2. The Bertz CT molecular complexity index is 337. The molecule has 7 heteroatoms. The average Bonchev–Trinajstić information content (AvgIpc) is 2.78. The van der Waals surface area contributed by atoms with Crippen LogP contribution >= 0.6 is 0 Å². The molecule has 1 amide bonds. The van der Waals surface area contributed by atoms with Crippen LogP contribution in [0.3, 0.4) is 0 Å². The molecule has 7 nitrogen and oxygen atoms in total. The first-order chi connectivity index (χ1) is 7.46. The van der Waals surface area contributed by atoms with Gasteiger partial charge in [-0.25, -0.2) is 9.67 Å². The van der Waals surface area contributed by atoms with Gasteiger partial charge in [0.05, 0.1) is 6.61 Å². The summed E-state index contributed by atoms with van der Waals surface area (Å²) in [4.78, 5) is 15.3. The summed E-state index contributed by atoms with van der Waals surface area (Å²) in [5.74, 6) is -0.292. The maximum Gasteiger partial charge on any atom is 0.244 e. The van der Waals surface area contributed by atoms with Crippen molar-refractivity contribution in [2.75, 3.05) is 13.2 Å². The number of carbonyl (C=O) groups excluding carboxylic acids is 1. The Labute approximate surface area is 93.1 Å². The first kappa shape index (κ1) is 12.6. The highest BCUT2D eigenvalue weighted by Crippen LogP contribution is 2.04. The number of hydrogen-bond donors (Lipinski definition) is 3. The minimum atomic E-state index is -1.31. The van der Waals surface area contributed by atoms with E-state index >= 15 is 0 Å². The van der Waals surface area contributed by atoms with Crippen LogP contribution in [0.4, 0.5) is 0 Å². The fourth-order valence-electron chi connectivity index (χ4n) is 1.02. The largest absolute Gasteiger partial charge is 0.393 e. The molecule has 0 aliphatic rings. The van der Waals surface area contributed by atoms with Gasteiger partial charge in [-0.3, -0.25) is 4.79 Å². The number of nitrogens with zero attached hydrogens (tertiary/aromatic N) is 3. The van der Waals surface area contributed by atoms with E-state index in [4.69, 9.17) is 5.11 Å². The molecule has 1 rings (SSSR count). The first-order valence-corrected chi connectivity index (χ1v) is 4.91. The summed E-state index contributed by atoms with van der Waals surface area (Å²) in [5, 5.41) is 24.6. The van der Waals surface area contributed by atoms with Crippen LogP contribution in [0.2, 0.25) is 0 Å². The van der Waals surface area contributed by atoms with E-state index in [9.17, 15) is 9.90 Å². The molecule has 1 heterocycles. The maximum absolute atomic E-state index is 11.6. The fourth-order valence-corrected chi connectivity index (χ4v) is 1.02.